The van der Waals surface area contributed by atoms with Crippen molar-refractivity contribution in [2.24, 2.45) is 0 Å². The van der Waals surface area contributed by atoms with Gasteiger partial charge in [0.1, 0.15) is 12.4 Å². The summed E-state index contributed by atoms with van der Waals surface area (Å²) in [6.45, 7) is 10.6. The molecule has 0 aliphatic carbocycles. The molecule has 0 amide bonds. The molecule has 0 spiro atoms. The van der Waals surface area contributed by atoms with Crippen LogP contribution >= 0.6 is 0 Å². The zero-order valence-corrected chi connectivity index (χ0v) is 18.4. The summed E-state index contributed by atoms with van der Waals surface area (Å²) in [7, 11) is 0. The van der Waals surface area contributed by atoms with Crippen molar-refractivity contribution in [3.8, 4) is 5.75 Å². The lowest BCUT2D eigenvalue weighted by Crippen LogP contribution is -2.44. The van der Waals surface area contributed by atoms with Crippen LogP contribution in [0.15, 0.2) is 48.5 Å². The molecule has 1 aromatic heterocycles. The van der Waals surface area contributed by atoms with Gasteiger partial charge in [-0.1, -0.05) is 30.3 Å². The minimum Gasteiger partial charge on any atom is -0.492 e. The maximum atomic E-state index is 12.8. The highest BCUT2D eigenvalue weighted by molar-refractivity contribution is 6.06. The lowest BCUT2D eigenvalue weighted by molar-refractivity contribution is 0.0527. The minimum absolute atomic E-state index is 0.283. The van der Waals surface area contributed by atoms with Crippen LogP contribution in [0.3, 0.4) is 0 Å². The van der Waals surface area contributed by atoms with E-state index in [1.807, 2.05) is 50.2 Å². The first-order valence-electron chi connectivity index (χ1n) is 11.1. The molecule has 1 aliphatic rings. The number of carbonyl (C=O) groups is 1. The molecular weight excluding hydrogens is 390 g/mol. The van der Waals surface area contributed by atoms with Crippen LogP contribution in [0.2, 0.25) is 0 Å². The summed E-state index contributed by atoms with van der Waals surface area (Å²) >= 11 is 0. The third-order valence-electron chi connectivity index (χ3n) is 5.84. The van der Waals surface area contributed by atoms with E-state index in [9.17, 15) is 4.79 Å². The zero-order valence-electron chi connectivity index (χ0n) is 18.4. The van der Waals surface area contributed by atoms with Gasteiger partial charge in [0.25, 0.3) is 0 Å². The van der Waals surface area contributed by atoms with E-state index in [2.05, 4.69) is 26.9 Å². The van der Waals surface area contributed by atoms with Gasteiger partial charge in [-0.2, -0.15) is 0 Å². The standard InChI is InChI=1S/C25H31N3O3/c1-3-30-25(29)24-19(2)28(18-20-7-5-4-6-8-20)23-10-9-21(17-22(23)24)31-16-15-27-13-11-26-12-14-27/h4-10,17,26H,3,11-16,18H2,1-2H3. The van der Waals surface area contributed by atoms with Crippen LogP contribution in [0.1, 0.15) is 28.5 Å². The number of rotatable bonds is 8. The van der Waals surface area contributed by atoms with Gasteiger partial charge in [0.15, 0.2) is 0 Å². The highest BCUT2D eigenvalue weighted by atomic mass is 16.5. The maximum Gasteiger partial charge on any atom is 0.340 e. The molecule has 1 aliphatic heterocycles. The van der Waals surface area contributed by atoms with Crippen molar-refractivity contribution in [1.82, 2.24) is 14.8 Å². The van der Waals surface area contributed by atoms with Crippen LogP contribution in [0.5, 0.6) is 5.75 Å². The largest absolute Gasteiger partial charge is 0.492 e. The average Bonchev–Trinajstić information content (AvgIpc) is 3.06. The Labute approximate surface area is 183 Å². The number of nitrogens with one attached hydrogen (secondary N) is 1. The third kappa shape index (κ3) is 4.92. The first kappa shape index (κ1) is 21.4. The number of nitrogens with zero attached hydrogens (tertiary/aromatic N) is 2. The van der Waals surface area contributed by atoms with Gasteiger partial charge in [0, 0.05) is 55.9 Å². The Morgan fingerprint density at radius 1 is 1.10 bits per heavy atom. The molecule has 3 aromatic rings. The molecule has 1 saturated heterocycles. The van der Waals surface area contributed by atoms with Crippen molar-refractivity contribution in [3.05, 3.63) is 65.4 Å². The Bertz CT molecular complexity index is 1020. The highest BCUT2D eigenvalue weighted by Crippen LogP contribution is 2.31. The fourth-order valence-electron chi connectivity index (χ4n) is 4.21. The number of ether oxygens (including phenoxy) is 2. The molecule has 0 unspecified atom stereocenters. The predicted octanol–water partition coefficient (Wildman–Crippen LogP) is 3.46. The fourth-order valence-corrected chi connectivity index (χ4v) is 4.21. The average molecular weight is 422 g/mol. The summed E-state index contributed by atoms with van der Waals surface area (Å²) in [5, 5.41) is 4.25. The molecule has 4 rings (SSSR count). The second-order valence-corrected chi connectivity index (χ2v) is 7.87. The van der Waals surface area contributed by atoms with Crippen molar-refractivity contribution < 1.29 is 14.3 Å². The van der Waals surface area contributed by atoms with Gasteiger partial charge in [-0.05, 0) is 37.6 Å². The number of hydrogen-bond acceptors (Lipinski definition) is 5. The van der Waals surface area contributed by atoms with Crippen LogP contribution in [-0.4, -0.2) is 61.4 Å². The first-order chi connectivity index (χ1) is 15.2. The summed E-state index contributed by atoms with van der Waals surface area (Å²) in [5.41, 5.74) is 3.74. The van der Waals surface area contributed by atoms with Crippen LogP contribution in [0.4, 0.5) is 0 Å². The molecular formula is C25H31N3O3. The molecule has 6 nitrogen and oxygen atoms in total. The molecule has 0 atom stereocenters. The van der Waals surface area contributed by atoms with Gasteiger partial charge in [-0.3, -0.25) is 4.90 Å². The van der Waals surface area contributed by atoms with Gasteiger partial charge in [0.2, 0.25) is 0 Å². The molecule has 6 heteroatoms. The van der Waals surface area contributed by atoms with Crippen LogP contribution < -0.4 is 10.1 Å². The van der Waals surface area contributed by atoms with E-state index < -0.39 is 0 Å². The second-order valence-electron chi connectivity index (χ2n) is 7.87. The Kier molecular flexibility index (Phi) is 6.89. The zero-order chi connectivity index (χ0) is 21.6. The molecule has 1 fully saturated rings. The molecule has 0 radical (unpaired) electrons. The van der Waals surface area contributed by atoms with Crippen molar-refractivity contribution in [3.63, 3.8) is 0 Å². The normalized spacial score (nSPS) is 14.6. The number of piperazine rings is 1. The van der Waals surface area contributed by atoms with Crippen molar-refractivity contribution in [2.75, 3.05) is 45.9 Å². The second kappa shape index (κ2) is 9.98. The molecule has 0 bridgehead atoms. The fraction of sp³-hybridized carbons (Fsp3) is 0.400. The Morgan fingerprint density at radius 3 is 2.61 bits per heavy atom. The number of fused-ring (bicyclic) bond motifs is 1. The van der Waals surface area contributed by atoms with E-state index in [0.29, 0.717) is 25.3 Å². The highest BCUT2D eigenvalue weighted by Gasteiger charge is 2.22. The van der Waals surface area contributed by atoms with Crippen molar-refractivity contribution in [2.45, 2.75) is 20.4 Å². The van der Waals surface area contributed by atoms with Crippen molar-refractivity contribution in [1.29, 1.82) is 0 Å². The van der Waals surface area contributed by atoms with E-state index in [4.69, 9.17) is 9.47 Å². The molecule has 2 aromatic carbocycles. The number of benzene rings is 2. The summed E-state index contributed by atoms with van der Waals surface area (Å²) in [4.78, 5) is 15.2. The van der Waals surface area contributed by atoms with Crippen LogP contribution in [-0.2, 0) is 11.3 Å². The van der Waals surface area contributed by atoms with Crippen molar-refractivity contribution >= 4 is 16.9 Å². The molecule has 164 valence electrons. The summed E-state index contributed by atoms with van der Waals surface area (Å²) in [6, 6.07) is 16.3. The maximum absolute atomic E-state index is 12.8. The van der Waals surface area contributed by atoms with Gasteiger partial charge >= 0.3 is 5.97 Å². The van der Waals surface area contributed by atoms with Crippen LogP contribution in [0, 0.1) is 6.92 Å². The molecule has 1 N–H and O–H groups in total. The lowest BCUT2D eigenvalue weighted by Gasteiger charge is -2.26. The lowest BCUT2D eigenvalue weighted by atomic mass is 10.1. The Morgan fingerprint density at radius 2 is 1.87 bits per heavy atom. The Balaban J connectivity index is 1.61. The summed E-state index contributed by atoms with van der Waals surface area (Å²) in [5.74, 6) is 0.500. The first-order valence-corrected chi connectivity index (χ1v) is 11.1. The van der Waals surface area contributed by atoms with E-state index in [1.54, 1.807) is 0 Å². The number of esters is 1. The SMILES string of the molecule is CCOC(=O)c1c(C)n(Cc2ccccc2)c2ccc(OCCN3CCNCC3)cc12. The predicted molar refractivity (Wildman–Crippen MR) is 123 cm³/mol. The van der Waals surface area contributed by atoms with E-state index in [-0.39, 0.29) is 5.97 Å². The summed E-state index contributed by atoms with van der Waals surface area (Å²) in [6.07, 6.45) is 0. The number of hydrogen-bond donors (Lipinski definition) is 1. The molecule has 2 heterocycles. The van der Waals surface area contributed by atoms with E-state index >= 15 is 0 Å². The number of carbonyl (C=O) groups excluding carboxylic acids is 1. The van der Waals surface area contributed by atoms with Gasteiger partial charge in [0.05, 0.1) is 12.2 Å². The van der Waals surface area contributed by atoms with Gasteiger partial charge in [-0.25, -0.2) is 4.79 Å². The third-order valence-corrected chi connectivity index (χ3v) is 5.84. The molecule has 0 saturated carbocycles. The van der Waals surface area contributed by atoms with Crippen LogP contribution in [0.25, 0.3) is 10.9 Å². The monoisotopic (exact) mass is 421 g/mol. The van der Waals surface area contributed by atoms with Gasteiger partial charge < -0.3 is 19.4 Å². The quantitative estimate of drug-likeness (QED) is 0.565. The number of aromatic nitrogens is 1. The Hall–Kier alpha value is -2.83. The van der Waals surface area contributed by atoms with E-state index in [1.165, 1.54) is 5.56 Å². The molecule has 31 heavy (non-hydrogen) atoms. The van der Waals surface area contributed by atoms with E-state index in [0.717, 1.165) is 55.1 Å². The topological polar surface area (TPSA) is 55.7 Å². The smallest absolute Gasteiger partial charge is 0.340 e. The van der Waals surface area contributed by atoms with Gasteiger partial charge in [-0.15, -0.1) is 0 Å². The summed E-state index contributed by atoms with van der Waals surface area (Å²) < 4.78 is 13.6. The minimum atomic E-state index is -0.283.